The van der Waals surface area contributed by atoms with Gasteiger partial charge in [0.1, 0.15) is 4.90 Å². The van der Waals surface area contributed by atoms with Crippen LogP contribution in [0.25, 0.3) is 0 Å². The molecule has 1 fully saturated rings. The van der Waals surface area contributed by atoms with Gasteiger partial charge in [-0.25, -0.2) is 13.6 Å². The number of aryl methyl sites for hydroxylation is 1. The van der Waals surface area contributed by atoms with E-state index in [2.05, 4.69) is 5.32 Å². The number of anilines is 1. The maximum Gasteiger partial charge on any atom is 0.241 e. The van der Waals surface area contributed by atoms with Gasteiger partial charge in [-0.15, -0.1) is 0 Å². The quantitative estimate of drug-likeness (QED) is 0.872. The highest BCUT2D eigenvalue weighted by molar-refractivity contribution is 7.89. The SMILES string of the molecule is Cc1ccc(Cl)c(S(N)(=O)=O)c1NC1CC1. The van der Waals surface area contributed by atoms with Crippen molar-refractivity contribution in [2.45, 2.75) is 30.7 Å². The van der Waals surface area contributed by atoms with Gasteiger partial charge in [0.25, 0.3) is 0 Å². The van der Waals surface area contributed by atoms with Gasteiger partial charge >= 0.3 is 0 Å². The average molecular weight is 261 g/mol. The third kappa shape index (κ3) is 2.31. The molecule has 1 saturated carbocycles. The first kappa shape index (κ1) is 11.7. The highest BCUT2D eigenvalue weighted by atomic mass is 35.5. The van der Waals surface area contributed by atoms with E-state index >= 15 is 0 Å². The Labute approximate surface area is 99.8 Å². The van der Waals surface area contributed by atoms with Crippen LogP contribution in [0.3, 0.4) is 0 Å². The highest BCUT2D eigenvalue weighted by Crippen LogP contribution is 2.35. The molecule has 0 amide bonds. The van der Waals surface area contributed by atoms with Crippen LogP contribution in [-0.4, -0.2) is 14.5 Å². The monoisotopic (exact) mass is 260 g/mol. The summed E-state index contributed by atoms with van der Waals surface area (Å²) >= 11 is 5.89. The summed E-state index contributed by atoms with van der Waals surface area (Å²) in [5, 5.41) is 8.49. The van der Waals surface area contributed by atoms with E-state index in [0.717, 1.165) is 18.4 Å². The van der Waals surface area contributed by atoms with Crippen LogP contribution in [0.5, 0.6) is 0 Å². The Balaban J connectivity index is 2.58. The number of sulfonamides is 1. The van der Waals surface area contributed by atoms with Gasteiger partial charge < -0.3 is 5.32 Å². The number of benzene rings is 1. The van der Waals surface area contributed by atoms with Gasteiger partial charge in [-0.05, 0) is 31.4 Å². The van der Waals surface area contributed by atoms with Crippen molar-refractivity contribution in [1.82, 2.24) is 0 Å². The van der Waals surface area contributed by atoms with Gasteiger partial charge in [-0.3, -0.25) is 0 Å². The lowest BCUT2D eigenvalue weighted by Gasteiger charge is -2.14. The van der Waals surface area contributed by atoms with Crippen molar-refractivity contribution in [1.29, 1.82) is 0 Å². The summed E-state index contributed by atoms with van der Waals surface area (Å²) in [6.45, 7) is 1.83. The second-order valence-corrected chi connectivity index (χ2v) is 5.94. The number of nitrogens with one attached hydrogen (secondary N) is 1. The molecule has 1 aliphatic rings. The molecular formula is C10H13ClN2O2S. The first-order chi connectivity index (χ1) is 7.39. The summed E-state index contributed by atoms with van der Waals surface area (Å²) < 4.78 is 23.0. The lowest BCUT2D eigenvalue weighted by Crippen LogP contribution is -2.17. The number of halogens is 1. The molecule has 0 spiro atoms. The zero-order valence-corrected chi connectivity index (χ0v) is 10.4. The van der Waals surface area contributed by atoms with Crippen LogP contribution in [0.2, 0.25) is 5.02 Å². The summed E-state index contributed by atoms with van der Waals surface area (Å²) in [4.78, 5) is 0.000988. The second-order valence-electron chi connectivity index (χ2n) is 4.03. The third-order valence-corrected chi connectivity index (χ3v) is 3.95. The largest absolute Gasteiger partial charge is 0.381 e. The predicted molar refractivity (Wildman–Crippen MR) is 64.2 cm³/mol. The van der Waals surface area contributed by atoms with Crippen LogP contribution in [0.1, 0.15) is 18.4 Å². The van der Waals surface area contributed by atoms with E-state index in [1.165, 1.54) is 0 Å². The van der Waals surface area contributed by atoms with E-state index in [9.17, 15) is 8.42 Å². The molecule has 1 aromatic rings. The van der Waals surface area contributed by atoms with Crippen molar-refractivity contribution >= 4 is 27.3 Å². The van der Waals surface area contributed by atoms with Gasteiger partial charge in [-0.2, -0.15) is 0 Å². The smallest absolute Gasteiger partial charge is 0.241 e. The Morgan fingerprint density at radius 3 is 2.56 bits per heavy atom. The van der Waals surface area contributed by atoms with Gasteiger partial charge in [0.15, 0.2) is 0 Å². The van der Waals surface area contributed by atoms with Crippen molar-refractivity contribution < 1.29 is 8.42 Å². The molecule has 1 aromatic carbocycles. The van der Waals surface area contributed by atoms with E-state index in [-0.39, 0.29) is 9.92 Å². The van der Waals surface area contributed by atoms with Crippen molar-refractivity contribution in [3.8, 4) is 0 Å². The maximum absolute atomic E-state index is 11.5. The molecule has 0 bridgehead atoms. The second kappa shape index (κ2) is 3.91. The van der Waals surface area contributed by atoms with Gasteiger partial charge in [-0.1, -0.05) is 17.7 Å². The molecule has 0 heterocycles. The molecule has 0 radical (unpaired) electrons. The number of nitrogens with two attached hydrogens (primary N) is 1. The molecule has 88 valence electrons. The summed E-state index contributed by atoms with van der Waals surface area (Å²) in [6, 6.07) is 3.67. The summed E-state index contributed by atoms with van der Waals surface area (Å²) in [7, 11) is -3.80. The molecule has 0 unspecified atom stereocenters. The Kier molecular flexibility index (Phi) is 2.86. The lowest BCUT2D eigenvalue weighted by molar-refractivity contribution is 0.598. The number of primary sulfonamides is 1. The van der Waals surface area contributed by atoms with Crippen LogP contribution in [0.4, 0.5) is 5.69 Å². The fourth-order valence-electron chi connectivity index (χ4n) is 1.55. The van der Waals surface area contributed by atoms with Crippen LogP contribution >= 0.6 is 11.6 Å². The van der Waals surface area contributed by atoms with Gasteiger partial charge in [0, 0.05) is 6.04 Å². The molecule has 0 aliphatic heterocycles. The molecule has 0 atom stereocenters. The van der Waals surface area contributed by atoms with Crippen LogP contribution in [0, 0.1) is 6.92 Å². The van der Waals surface area contributed by atoms with E-state index in [0.29, 0.717) is 11.7 Å². The van der Waals surface area contributed by atoms with Crippen LogP contribution in [0.15, 0.2) is 17.0 Å². The van der Waals surface area contributed by atoms with Crippen molar-refractivity contribution in [2.75, 3.05) is 5.32 Å². The van der Waals surface area contributed by atoms with Crippen molar-refractivity contribution in [3.63, 3.8) is 0 Å². The molecule has 2 rings (SSSR count). The Morgan fingerprint density at radius 2 is 2.06 bits per heavy atom. The summed E-state index contributed by atoms with van der Waals surface area (Å²) in [6.07, 6.45) is 2.10. The lowest BCUT2D eigenvalue weighted by atomic mass is 10.2. The minimum Gasteiger partial charge on any atom is -0.381 e. The van der Waals surface area contributed by atoms with Crippen molar-refractivity contribution in [2.24, 2.45) is 5.14 Å². The number of hydrogen-bond donors (Lipinski definition) is 2. The van der Waals surface area contributed by atoms with E-state index < -0.39 is 10.0 Å². The Bertz CT molecular complexity index is 524. The van der Waals surface area contributed by atoms with E-state index in [4.69, 9.17) is 16.7 Å². The van der Waals surface area contributed by atoms with Crippen LogP contribution in [-0.2, 0) is 10.0 Å². The fraction of sp³-hybridized carbons (Fsp3) is 0.400. The zero-order chi connectivity index (χ0) is 11.9. The first-order valence-electron chi connectivity index (χ1n) is 4.98. The summed E-state index contributed by atoms with van der Waals surface area (Å²) in [5.74, 6) is 0. The minimum absolute atomic E-state index is 0.000988. The van der Waals surface area contributed by atoms with E-state index in [1.807, 2.05) is 6.92 Å². The Hall–Kier alpha value is -0.780. The fourth-order valence-corrected chi connectivity index (χ4v) is 2.87. The highest BCUT2D eigenvalue weighted by Gasteiger charge is 2.26. The average Bonchev–Trinajstić information content (AvgIpc) is 2.93. The first-order valence-corrected chi connectivity index (χ1v) is 6.90. The topological polar surface area (TPSA) is 72.2 Å². The van der Waals surface area contributed by atoms with E-state index in [1.54, 1.807) is 12.1 Å². The van der Waals surface area contributed by atoms with Crippen LogP contribution < -0.4 is 10.5 Å². The molecular weight excluding hydrogens is 248 g/mol. The Morgan fingerprint density at radius 1 is 1.44 bits per heavy atom. The molecule has 0 saturated heterocycles. The molecule has 3 N–H and O–H groups in total. The van der Waals surface area contributed by atoms with Crippen molar-refractivity contribution in [3.05, 3.63) is 22.7 Å². The zero-order valence-electron chi connectivity index (χ0n) is 8.83. The molecule has 0 aromatic heterocycles. The molecule has 6 heteroatoms. The molecule has 16 heavy (non-hydrogen) atoms. The molecule has 4 nitrogen and oxygen atoms in total. The minimum atomic E-state index is -3.80. The summed E-state index contributed by atoms with van der Waals surface area (Å²) in [5.41, 5.74) is 1.37. The molecule has 1 aliphatic carbocycles. The number of rotatable bonds is 3. The third-order valence-electron chi connectivity index (χ3n) is 2.53. The standard InChI is InChI=1S/C10H13ClN2O2S/c1-6-2-5-8(11)10(16(12,14)15)9(6)13-7-3-4-7/h2,5,7,13H,3-4H2,1H3,(H2,12,14,15). The van der Waals surface area contributed by atoms with Gasteiger partial charge in [0.2, 0.25) is 10.0 Å². The predicted octanol–water partition coefficient (Wildman–Crippen LogP) is 1.87. The maximum atomic E-state index is 11.5. The van der Waals surface area contributed by atoms with Gasteiger partial charge in [0.05, 0.1) is 10.7 Å². The normalized spacial score (nSPS) is 16.2. The number of hydrogen-bond acceptors (Lipinski definition) is 3.